The van der Waals surface area contributed by atoms with Crippen LogP contribution in [0, 0.1) is 0 Å². The van der Waals surface area contributed by atoms with Gasteiger partial charge in [0.2, 0.25) is 0 Å². The van der Waals surface area contributed by atoms with Crippen molar-refractivity contribution in [2.45, 2.75) is 32.7 Å². The third-order valence-electron chi connectivity index (χ3n) is 1.85. The molecular formula is C9H15N3OS. The Morgan fingerprint density at radius 3 is 3.00 bits per heavy atom. The summed E-state index contributed by atoms with van der Waals surface area (Å²) in [6.45, 7) is 4.07. The van der Waals surface area contributed by atoms with Gasteiger partial charge in [-0.3, -0.25) is 4.79 Å². The quantitative estimate of drug-likeness (QED) is 0.799. The zero-order valence-electron chi connectivity index (χ0n) is 8.41. The number of carbonyl (C=O) groups excluding carboxylic acids is 1. The number of amides is 1. The summed E-state index contributed by atoms with van der Waals surface area (Å²) in [7, 11) is 0. The highest BCUT2D eigenvalue weighted by Gasteiger charge is 2.11. The van der Waals surface area contributed by atoms with E-state index in [0.29, 0.717) is 10.8 Å². The lowest BCUT2D eigenvalue weighted by molar-refractivity contribution is 0.0934. The lowest BCUT2D eigenvalue weighted by atomic mass is 10.2. The van der Waals surface area contributed by atoms with E-state index in [1.54, 1.807) is 5.38 Å². The fourth-order valence-electron chi connectivity index (χ4n) is 1.19. The van der Waals surface area contributed by atoms with E-state index in [4.69, 9.17) is 5.73 Å². The van der Waals surface area contributed by atoms with Crippen LogP contribution in [0.3, 0.4) is 0 Å². The highest BCUT2D eigenvalue weighted by Crippen LogP contribution is 2.11. The van der Waals surface area contributed by atoms with Gasteiger partial charge in [-0.2, -0.15) is 0 Å². The second-order valence-corrected chi connectivity index (χ2v) is 4.12. The van der Waals surface area contributed by atoms with Gasteiger partial charge in [-0.15, -0.1) is 11.3 Å². The average molecular weight is 213 g/mol. The van der Waals surface area contributed by atoms with Crippen LogP contribution in [-0.2, 0) is 0 Å². The lowest BCUT2D eigenvalue weighted by Crippen LogP contribution is -2.32. The summed E-state index contributed by atoms with van der Waals surface area (Å²) in [5, 5.41) is 4.96. The number of nitrogens with zero attached hydrogens (tertiary/aromatic N) is 1. The first-order chi connectivity index (χ1) is 6.63. The Hall–Kier alpha value is -1.10. The number of rotatable bonds is 4. The molecule has 0 aliphatic heterocycles. The molecule has 5 heteroatoms. The van der Waals surface area contributed by atoms with Crippen LogP contribution in [0.25, 0.3) is 0 Å². The molecule has 3 N–H and O–H groups in total. The van der Waals surface area contributed by atoms with Crippen molar-refractivity contribution in [1.29, 1.82) is 0 Å². The number of nitrogens with two attached hydrogens (primary N) is 1. The molecule has 1 amide bonds. The van der Waals surface area contributed by atoms with Crippen LogP contribution in [0.4, 0.5) is 5.13 Å². The topological polar surface area (TPSA) is 68.0 Å². The van der Waals surface area contributed by atoms with Crippen molar-refractivity contribution in [3.05, 3.63) is 11.1 Å². The van der Waals surface area contributed by atoms with E-state index in [2.05, 4.69) is 17.2 Å². The smallest absolute Gasteiger partial charge is 0.271 e. The number of hydrogen-bond donors (Lipinski definition) is 2. The number of aromatic nitrogens is 1. The second-order valence-electron chi connectivity index (χ2n) is 3.23. The molecule has 0 radical (unpaired) electrons. The molecule has 1 rings (SSSR count). The van der Waals surface area contributed by atoms with E-state index in [1.165, 1.54) is 11.3 Å². The van der Waals surface area contributed by atoms with Gasteiger partial charge in [0.15, 0.2) is 5.13 Å². The summed E-state index contributed by atoms with van der Waals surface area (Å²) in [4.78, 5) is 15.4. The molecule has 14 heavy (non-hydrogen) atoms. The van der Waals surface area contributed by atoms with Crippen molar-refractivity contribution in [3.63, 3.8) is 0 Å². The van der Waals surface area contributed by atoms with Crippen LogP contribution < -0.4 is 11.1 Å². The molecule has 4 nitrogen and oxygen atoms in total. The Balaban J connectivity index is 2.50. The molecule has 0 saturated heterocycles. The van der Waals surface area contributed by atoms with Gasteiger partial charge in [0, 0.05) is 11.4 Å². The maximum atomic E-state index is 11.5. The van der Waals surface area contributed by atoms with Gasteiger partial charge in [-0.05, 0) is 13.3 Å². The maximum Gasteiger partial charge on any atom is 0.271 e. The summed E-state index contributed by atoms with van der Waals surface area (Å²) >= 11 is 1.28. The Morgan fingerprint density at radius 1 is 1.79 bits per heavy atom. The first-order valence-electron chi connectivity index (χ1n) is 4.65. The third kappa shape index (κ3) is 2.99. The summed E-state index contributed by atoms with van der Waals surface area (Å²) in [6, 6.07) is 0.190. The predicted molar refractivity (Wildman–Crippen MR) is 58.4 cm³/mol. The summed E-state index contributed by atoms with van der Waals surface area (Å²) in [5.74, 6) is -0.140. The Morgan fingerprint density at radius 2 is 2.50 bits per heavy atom. The highest BCUT2D eigenvalue weighted by molar-refractivity contribution is 7.13. The second kappa shape index (κ2) is 4.95. The number of anilines is 1. The van der Waals surface area contributed by atoms with Crippen LogP contribution in [0.2, 0.25) is 0 Å². The molecule has 1 heterocycles. The summed E-state index contributed by atoms with van der Waals surface area (Å²) in [5.41, 5.74) is 5.85. The minimum Gasteiger partial charge on any atom is -0.375 e. The van der Waals surface area contributed by atoms with E-state index in [1.807, 2.05) is 6.92 Å². The summed E-state index contributed by atoms with van der Waals surface area (Å²) in [6.07, 6.45) is 2.03. The number of nitrogens with one attached hydrogen (secondary N) is 1. The Kier molecular flexibility index (Phi) is 3.88. The molecule has 0 fully saturated rings. The standard InChI is InChI=1S/C9H15N3OS/c1-3-4-6(2)11-8(13)7-5-14-9(10)12-7/h5-6H,3-4H2,1-2H3,(H2,10,12)(H,11,13). The van der Waals surface area contributed by atoms with Crippen LogP contribution in [0.5, 0.6) is 0 Å². The molecule has 0 spiro atoms. The van der Waals surface area contributed by atoms with E-state index in [0.717, 1.165) is 12.8 Å². The van der Waals surface area contributed by atoms with Crippen molar-refractivity contribution < 1.29 is 4.79 Å². The van der Waals surface area contributed by atoms with Gasteiger partial charge in [0.25, 0.3) is 5.91 Å². The normalized spacial score (nSPS) is 12.4. The molecule has 0 aliphatic carbocycles. The van der Waals surface area contributed by atoms with Gasteiger partial charge in [-0.1, -0.05) is 13.3 Å². The van der Waals surface area contributed by atoms with E-state index in [9.17, 15) is 4.79 Å². The number of nitrogen functional groups attached to an aromatic ring is 1. The number of hydrogen-bond acceptors (Lipinski definition) is 4. The first-order valence-corrected chi connectivity index (χ1v) is 5.53. The van der Waals surface area contributed by atoms with Crippen molar-refractivity contribution in [2.24, 2.45) is 0 Å². The maximum absolute atomic E-state index is 11.5. The van der Waals surface area contributed by atoms with Crippen LogP contribution >= 0.6 is 11.3 Å². The zero-order chi connectivity index (χ0) is 10.6. The third-order valence-corrected chi connectivity index (χ3v) is 2.53. The Labute approximate surface area is 87.5 Å². The van der Waals surface area contributed by atoms with E-state index >= 15 is 0 Å². The number of thiazole rings is 1. The van der Waals surface area contributed by atoms with Crippen molar-refractivity contribution in [2.75, 3.05) is 5.73 Å². The van der Waals surface area contributed by atoms with Crippen molar-refractivity contribution in [3.8, 4) is 0 Å². The number of carbonyl (C=O) groups is 1. The van der Waals surface area contributed by atoms with Gasteiger partial charge >= 0.3 is 0 Å². The van der Waals surface area contributed by atoms with Crippen LogP contribution in [0.1, 0.15) is 37.2 Å². The van der Waals surface area contributed by atoms with E-state index in [-0.39, 0.29) is 11.9 Å². The summed E-state index contributed by atoms with van der Waals surface area (Å²) < 4.78 is 0. The molecule has 1 aromatic heterocycles. The molecule has 1 unspecified atom stereocenters. The van der Waals surface area contributed by atoms with Gasteiger partial charge < -0.3 is 11.1 Å². The average Bonchev–Trinajstić information content (AvgIpc) is 2.52. The molecule has 0 bridgehead atoms. The molecular weight excluding hydrogens is 198 g/mol. The minimum absolute atomic E-state index is 0.140. The molecule has 78 valence electrons. The largest absolute Gasteiger partial charge is 0.375 e. The van der Waals surface area contributed by atoms with Crippen LogP contribution in [0.15, 0.2) is 5.38 Å². The first kappa shape index (κ1) is 11.0. The Bertz CT molecular complexity index is 311. The van der Waals surface area contributed by atoms with Gasteiger partial charge in [0.1, 0.15) is 5.69 Å². The van der Waals surface area contributed by atoms with E-state index < -0.39 is 0 Å². The monoisotopic (exact) mass is 213 g/mol. The minimum atomic E-state index is -0.140. The fraction of sp³-hybridized carbons (Fsp3) is 0.556. The molecule has 1 aromatic rings. The van der Waals surface area contributed by atoms with Crippen molar-refractivity contribution >= 4 is 22.4 Å². The molecule has 0 aromatic carbocycles. The van der Waals surface area contributed by atoms with Gasteiger partial charge in [-0.25, -0.2) is 4.98 Å². The van der Waals surface area contributed by atoms with Gasteiger partial charge in [0.05, 0.1) is 0 Å². The fourth-order valence-corrected chi connectivity index (χ4v) is 1.74. The molecule has 0 aliphatic rings. The lowest BCUT2D eigenvalue weighted by Gasteiger charge is -2.10. The molecule has 0 saturated carbocycles. The molecule has 1 atom stereocenters. The zero-order valence-corrected chi connectivity index (χ0v) is 9.23. The van der Waals surface area contributed by atoms with Crippen LogP contribution in [-0.4, -0.2) is 16.9 Å². The van der Waals surface area contributed by atoms with Crippen molar-refractivity contribution in [1.82, 2.24) is 10.3 Å². The predicted octanol–water partition coefficient (Wildman–Crippen LogP) is 1.64. The SMILES string of the molecule is CCCC(C)NC(=O)c1csc(N)n1. The highest BCUT2D eigenvalue weighted by atomic mass is 32.1.